The molecule has 1 aliphatic carbocycles. The van der Waals surface area contributed by atoms with E-state index in [1.54, 1.807) is 0 Å². The summed E-state index contributed by atoms with van der Waals surface area (Å²) in [7, 11) is 0. The van der Waals surface area contributed by atoms with Gasteiger partial charge in [-0.05, 0) is 31.2 Å². The lowest BCUT2D eigenvalue weighted by Gasteiger charge is -2.12. The van der Waals surface area contributed by atoms with Gasteiger partial charge in [0, 0.05) is 5.69 Å². The van der Waals surface area contributed by atoms with Gasteiger partial charge < -0.3 is 15.4 Å². The van der Waals surface area contributed by atoms with Crippen LogP contribution in [0.1, 0.15) is 42.9 Å². The number of nitrogens with zero attached hydrogens (tertiary/aromatic N) is 1. The molecule has 0 unspecified atom stereocenters. The second kappa shape index (κ2) is 5.07. The Hall–Kier alpha value is -2.18. The first-order valence-corrected chi connectivity index (χ1v) is 6.48. The summed E-state index contributed by atoms with van der Waals surface area (Å²) in [4.78, 5) is 40.6. The third-order valence-corrected chi connectivity index (χ3v) is 3.17. The summed E-state index contributed by atoms with van der Waals surface area (Å²) >= 11 is 0. The zero-order valence-electron chi connectivity index (χ0n) is 11.4. The van der Waals surface area contributed by atoms with Crippen LogP contribution in [0.2, 0.25) is 0 Å². The van der Waals surface area contributed by atoms with Gasteiger partial charge in [-0.25, -0.2) is 9.59 Å². The fourth-order valence-corrected chi connectivity index (χ4v) is 1.97. The van der Waals surface area contributed by atoms with Crippen molar-refractivity contribution in [2.75, 3.05) is 0 Å². The molecule has 7 nitrogen and oxygen atoms in total. The van der Waals surface area contributed by atoms with Crippen molar-refractivity contribution in [2.45, 2.75) is 38.6 Å². The van der Waals surface area contributed by atoms with E-state index in [1.807, 2.05) is 13.8 Å². The number of aromatic nitrogens is 2. The van der Waals surface area contributed by atoms with E-state index >= 15 is 0 Å². The van der Waals surface area contributed by atoms with E-state index in [4.69, 9.17) is 5.11 Å². The minimum atomic E-state index is -1.18. The van der Waals surface area contributed by atoms with Crippen molar-refractivity contribution < 1.29 is 14.7 Å². The van der Waals surface area contributed by atoms with Crippen molar-refractivity contribution in [1.29, 1.82) is 0 Å². The third kappa shape index (κ3) is 3.04. The molecule has 2 rings (SSSR count). The molecule has 1 amide bonds. The largest absolute Gasteiger partial charge is 0.480 e. The Morgan fingerprint density at radius 1 is 1.50 bits per heavy atom. The van der Waals surface area contributed by atoms with Gasteiger partial charge in [0.15, 0.2) is 0 Å². The SMILES string of the molecule is CC(C)Cc1cc(C(=O)NC2(C(=O)O)CC2)nc(=O)[nH]1. The molecule has 0 bridgehead atoms. The van der Waals surface area contributed by atoms with Crippen molar-refractivity contribution in [2.24, 2.45) is 5.92 Å². The van der Waals surface area contributed by atoms with E-state index in [9.17, 15) is 14.4 Å². The van der Waals surface area contributed by atoms with Crippen LogP contribution in [0.15, 0.2) is 10.9 Å². The Morgan fingerprint density at radius 2 is 2.15 bits per heavy atom. The molecular weight excluding hydrogens is 262 g/mol. The van der Waals surface area contributed by atoms with Crippen LogP contribution in [0.25, 0.3) is 0 Å². The summed E-state index contributed by atoms with van der Waals surface area (Å²) in [5.41, 5.74) is -1.21. The highest BCUT2D eigenvalue weighted by atomic mass is 16.4. The molecule has 0 saturated heterocycles. The number of carbonyl (C=O) groups excluding carboxylic acids is 1. The van der Waals surface area contributed by atoms with Crippen LogP contribution in [0, 0.1) is 5.92 Å². The van der Waals surface area contributed by atoms with Crippen LogP contribution in [-0.2, 0) is 11.2 Å². The first kappa shape index (κ1) is 14.2. The van der Waals surface area contributed by atoms with Gasteiger partial charge in [0.2, 0.25) is 0 Å². The number of H-pyrrole nitrogens is 1. The molecule has 0 radical (unpaired) electrons. The van der Waals surface area contributed by atoms with Crippen LogP contribution in [0.3, 0.4) is 0 Å². The smallest absolute Gasteiger partial charge is 0.345 e. The number of carboxylic acid groups (broad SMARTS) is 1. The average Bonchev–Trinajstić information content (AvgIpc) is 3.08. The number of aromatic amines is 1. The molecule has 7 heteroatoms. The third-order valence-electron chi connectivity index (χ3n) is 3.17. The lowest BCUT2D eigenvalue weighted by Crippen LogP contribution is -2.43. The maximum atomic E-state index is 12.0. The quantitative estimate of drug-likeness (QED) is 0.718. The molecule has 3 N–H and O–H groups in total. The molecule has 0 aliphatic heterocycles. The Morgan fingerprint density at radius 3 is 2.65 bits per heavy atom. The molecule has 1 aromatic heterocycles. The number of hydrogen-bond acceptors (Lipinski definition) is 4. The summed E-state index contributed by atoms with van der Waals surface area (Å²) in [5, 5.41) is 11.5. The molecule has 0 aromatic carbocycles. The van der Waals surface area contributed by atoms with Gasteiger partial charge in [-0.3, -0.25) is 4.79 Å². The highest BCUT2D eigenvalue weighted by molar-refractivity contribution is 5.97. The number of hydrogen-bond donors (Lipinski definition) is 3. The minimum Gasteiger partial charge on any atom is -0.480 e. The molecule has 20 heavy (non-hydrogen) atoms. The van der Waals surface area contributed by atoms with Crippen molar-refractivity contribution in [3.63, 3.8) is 0 Å². The number of nitrogens with one attached hydrogen (secondary N) is 2. The van der Waals surface area contributed by atoms with Crippen LogP contribution < -0.4 is 11.0 Å². The van der Waals surface area contributed by atoms with Gasteiger partial charge in [-0.15, -0.1) is 0 Å². The van der Waals surface area contributed by atoms with Gasteiger partial charge in [0.05, 0.1) is 0 Å². The van der Waals surface area contributed by atoms with Gasteiger partial charge >= 0.3 is 11.7 Å². The molecule has 1 aromatic rings. The molecule has 0 spiro atoms. The fraction of sp³-hybridized carbons (Fsp3) is 0.538. The Kier molecular flexibility index (Phi) is 3.61. The second-order valence-corrected chi connectivity index (χ2v) is 5.54. The van der Waals surface area contributed by atoms with Crippen molar-refractivity contribution in [3.8, 4) is 0 Å². The van der Waals surface area contributed by atoms with E-state index in [0.717, 1.165) is 0 Å². The van der Waals surface area contributed by atoms with Crippen LogP contribution in [-0.4, -0.2) is 32.5 Å². The highest BCUT2D eigenvalue weighted by Crippen LogP contribution is 2.35. The van der Waals surface area contributed by atoms with Gasteiger partial charge in [-0.2, -0.15) is 4.98 Å². The minimum absolute atomic E-state index is 0.0445. The van der Waals surface area contributed by atoms with Crippen LogP contribution in [0.5, 0.6) is 0 Å². The predicted molar refractivity (Wildman–Crippen MR) is 70.5 cm³/mol. The number of rotatable bonds is 5. The van der Waals surface area contributed by atoms with E-state index in [0.29, 0.717) is 30.9 Å². The van der Waals surface area contributed by atoms with Gasteiger partial charge in [0.25, 0.3) is 5.91 Å². The van der Waals surface area contributed by atoms with Crippen molar-refractivity contribution in [1.82, 2.24) is 15.3 Å². The summed E-state index contributed by atoms with van der Waals surface area (Å²) in [6, 6.07) is 1.49. The lowest BCUT2D eigenvalue weighted by atomic mass is 10.1. The monoisotopic (exact) mass is 279 g/mol. The fourth-order valence-electron chi connectivity index (χ4n) is 1.97. The van der Waals surface area contributed by atoms with E-state index in [2.05, 4.69) is 15.3 Å². The first-order chi connectivity index (χ1) is 9.32. The zero-order chi connectivity index (χ0) is 14.9. The van der Waals surface area contributed by atoms with Gasteiger partial charge in [-0.1, -0.05) is 13.8 Å². The van der Waals surface area contributed by atoms with Crippen molar-refractivity contribution in [3.05, 3.63) is 27.9 Å². The lowest BCUT2D eigenvalue weighted by molar-refractivity contribution is -0.140. The average molecular weight is 279 g/mol. The number of aliphatic carboxylic acids is 1. The topological polar surface area (TPSA) is 112 Å². The molecule has 1 aliphatic rings. The maximum absolute atomic E-state index is 12.0. The molecule has 0 atom stereocenters. The van der Waals surface area contributed by atoms with Crippen LogP contribution >= 0.6 is 0 Å². The van der Waals surface area contributed by atoms with E-state index < -0.39 is 23.1 Å². The number of carboxylic acids is 1. The van der Waals surface area contributed by atoms with E-state index in [-0.39, 0.29) is 5.69 Å². The summed E-state index contributed by atoms with van der Waals surface area (Å²) < 4.78 is 0. The van der Waals surface area contributed by atoms with E-state index in [1.165, 1.54) is 6.07 Å². The summed E-state index contributed by atoms with van der Waals surface area (Å²) in [6.45, 7) is 3.98. The Labute approximate surface area is 115 Å². The zero-order valence-corrected chi connectivity index (χ0v) is 11.4. The molecule has 108 valence electrons. The predicted octanol–water partition coefficient (Wildman–Crippen LogP) is 0.315. The highest BCUT2D eigenvalue weighted by Gasteiger charge is 2.51. The first-order valence-electron chi connectivity index (χ1n) is 6.48. The molecular formula is C13H17N3O4. The number of carbonyl (C=O) groups is 2. The van der Waals surface area contributed by atoms with Gasteiger partial charge in [0.1, 0.15) is 11.2 Å². The normalized spacial score (nSPS) is 15.9. The van der Waals surface area contributed by atoms with Crippen molar-refractivity contribution >= 4 is 11.9 Å². The summed E-state index contributed by atoms with van der Waals surface area (Å²) in [6.07, 6.45) is 1.41. The molecule has 1 saturated carbocycles. The summed E-state index contributed by atoms with van der Waals surface area (Å²) in [5.74, 6) is -1.36. The van der Waals surface area contributed by atoms with Crippen LogP contribution in [0.4, 0.5) is 0 Å². The molecule has 1 fully saturated rings. The Balaban J connectivity index is 2.20. The number of amides is 1. The Bertz CT molecular complexity index is 602. The standard InChI is InChI=1S/C13H17N3O4/c1-7(2)5-8-6-9(15-12(20)14-8)10(17)16-13(3-4-13)11(18)19/h6-7H,3-5H2,1-2H3,(H,16,17)(H,18,19)(H,14,15,20). The second-order valence-electron chi connectivity index (χ2n) is 5.54. The molecule has 1 heterocycles. The maximum Gasteiger partial charge on any atom is 0.345 e.